The molecule has 42 heavy (non-hydrogen) atoms. The van der Waals surface area contributed by atoms with Crippen molar-refractivity contribution >= 4 is 17.1 Å². The van der Waals surface area contributed by atoms with Crippen molar-refractivity contribution in [3.8, 4) is 34.5 Å². The van der Waals surface area contributed by atoms with Crippen LogP contribution in [0.15, 0.2) is 8.38 Å². The van der Waals surface area contributed by atoms with Gasteiger partial charge in [-0.15, -0.1) is 0 Å². The maximum Gasteiger partial charge on any atom is -1.00 e. The molecule has 3 aromatic carbocycles. The number of allylic oxidation sites excluding steroid dienone is 1. The smallest absolute Gasteiger partial charge is 1.00 e. The van der Waals surface area contributed by atoms with Crippen LogP contribution in [0.4, 0.5) is 5.69 Å². The van der Waals surface area contributed by atoms with Crippen molar-refractivity contribution in [3.05, 3.63) is 64.5 Å². The van der Waals surface area contributed by atoms with Crippen LogP contribution in [0, 0.1) is 62.3 Å². The molecule has 9 nitrogen and oxygen atoms in total. The van der Waals surface area contributed by atoms with Crippen molar-refractivity contribution in [2.24, 2.45) is 5.10 Å². The maximum atomic E-state index is 11.3. The molecule has 0 saturated heterocycles. The Hall–Kier alpha value is -3.07. The van der Waals surface area contributed by atoms with Gasteiger partial charge in [0, 0.05) is 0 Å². The van der Waals surface area contributed by atoms with Gasteiger partial charge in [-0.05, 0) is 0 Å². The van der Waals surface area contributed by atoms with Crippen LogP contribution in [-0.4, -0.2) is 36.4 Å². The van der Waals surface area contributed by atoms with Gasteiger partial charge in [0.2, 0.25) is 0 Å². The van der Waals surface area contributed by atoms with E-state index in [0.717, 1.165) is 41.0 Å². The van der Waals surface area contributed by atoms with Crippen LogP contribution in [0.25, 0.3) is 5.70 Å². The number of hydrazine groups is 1. The van der Waals surface area contributed by atoms with Gasteiger partial charge in [0.05, 0.1) is 0 Å². The summed E-state index contributed by atoms with van der Waals surface area (Å²) in [5.74, 6) is -1.10. The SMILES string of the molecule is Cc1c(C)c(O)c(C2=NN(c3c(O)c(C)c(C)c(C)c3O)NC(c3c(O)c(C)c(C)c(C)c3O)=[C]2[Zr+2])c(O)c1C.[Cl-].[Cl-]. The molecule has 0 spiro atoms. The first kappa shape index (κ1) is 35.1. The Morgan fingerprint density at radius 3 is 1.17 bits per heavy atom. The van der Waals surface area contributed by atoms with Crippen LogP contribution in [0.1, 0.15) is 61.2 Å². The van der Waals surface area contributed by atoms with E-state index in [1.165, 1.54) is 0 Å². The Balaban J connectivity index is 0.00000308. The molecule has 3 aromatic rings. The normalized spacial score (nSPS) is 12.9. The van der Waals surface area contributed by atoms with E-state index in [9.17, 15) is 30.6 Å². The van der Waals surface area contributed by atoms with Crippen molar-refractivity contribution in [1.82, 2.24) is 5.43 Å². The minimum absolute atomic E-state index is 0. The molecule has 0 bridgehead atoms. The summed E-state index contributed by atoms with van der Waals surface area (Å²) < 4.78 is 0.476. The van der Waals surface area contributed by atoms with E-state index >= 15 is 0 Å². The number of hydrogen-bond acceptors (Lipinski definition) is 9. The number of hydrazone groups is 1. The van der Waals surface area contributed by atoms with Gasteiger partial charge in [0.15, 0.2) is 0 Å². The molecule has 223 valence electrons. The van der Waals surface area contributed by atoms with E-state index in [2.05, 4.69) is 10.5 Å². The molecule has 0 radical (unpaired) electrons. The van der Waals surface area contributed by atoms with Crippen LogP contribution in [0.2, 0.25) is 0 Å². The minimum atomic E-state index is -0.225. The Kier molecular flexibility index (Phi) is 10.3. The molecular formula is C30H34Cl2N3O6Zr. The minimum Gasteiger partial charge on any atom is -1.00 e. The van der Waals surface area contributed by atoms with E-state index in [-0.39, 0.29) is 87.5 Å². The van der Waals surface area contributed by atoms with Crippen molar-refractivity contribution < 1.29 is 80.2 Å². The average molecular weight is 695 g/mol. The number of anilines is 1. The zero-order valence-corrected chi connectivity index (χ0v) is 28.8. The predicted octanol–water partition coefficient (Wildman–Crippen LogP) is -0.652. The molecule has 0 aliphatic carbocycles. The van der Waals surface area contributed by atoms with Gasteiger partial charge >= 0.3 is 249 Å². The van der Waals surface area contributed by atoms with Crippen molar-refractivity contribution in [2.45, 2.75) is 62.3 Å². The fraction of sp³-hybridized carbons (Fsp3) is 0.300. The maximum absolute atomic E-state index is 11.3. The van der Waals surface area contributed by atoms with E-state index < -0.39 is 0 Å². The molecule has 1 aliphatic heterocycles. The summed E-state index contributed by atoms with van der Waals surface area (Å²) in [5.41, 5.74) is 9.05. The largest absolute Gasteiger partial charge is 1.00 e. The molecule has 12 heteroatoms. The van der Waals surface area contributed by atoms with E-state index in [1.54, 1.807) is 62.3 Å². The molecule has 4 rings (SSSR count). The number of nitrogens with zero attached hydrogens (tertiary/aromatic N) is 2. The topological polar surface area (TPSA) is 149 Å². The third kappa shape index (κ3) is 5.08. The zero-order chi connectivity index (χ0) is 30.1. The molecule has 0 aromatic heterocycles. The summed E-state index contributed by atoms with van der Waals surface area (Å²) in [6.07, 6.45) is 0. The second kappa shape index (κ2) is 12.3. The number of phenols is 6. The summed E-state index contributed by atoms with van der Waals surface area (Å²) in [5, 5.41) is 73.1. The van der Waals surface area contributed by atoms with E-state index in [0.29, 0.717) is 42.2 Å². The van der Waals surface area contributed by atoms with Crippen molar-refractivity contribution in [1.29, 1.82) is 0 Å². The van der Waals surface area contributed by atoms with Gasteiger partial charge < -0.3 is 24.8 Å². The molecule has 0 saturated carbocycles. The van der Waals surface area contributed by atoms with E-state index in [1.807, 2.05) is 0 Å². The second-order valence-corrected chi connectivity index (χ2v) is 11.7. The zero-order valence-electron chi connectivity index (χ0n) is 24.8. The first-order valence-corrected chi connectivity index (χ1v) is 13.9. The van der Waals surface area contributed by atoms with Crippen LogP contribution < -0.4 is 35.4 Å². The average Bonchev–Trinajstić information content (AvgIpc) is 2.92. The molecule has 0 unspecified atom stereocenters. The summed E-state index contributed by atoms with van der Waals surface area (Å²) >= 11 is 0.786. The van der Waals surface area contributed by atoms with Crippen LogP contribution in [0.5, 0.6) is 34.5 Å². The van der Waals surface area contributed by atoms with Gasteiger partial charge in [-0.3, -0.25) is 0 Å². The number of nitrogens with one attached hydrogen (secondary N) is 1. The molecular weight excluding hydrogens is 660 g/mol. The monoisotopic (exact) mass is 692 g/mol. The van der Waals surface area contributed by atoms with Gasteiger partial charge in [0.1, 0.15) is 0 Å². The number of aromatic hydroxyl groups is 6. The molecule has 7 N–H and O–H groups in total. The van der Waals surface area contributed by atoms with Gasteiger partial charge in [0.25, 0.3) is 0 Å². The summed E-state index contributed by atoms with van der Waals surface area (Å²) in [6, 6.07) is 0. The second-order valence-electron chi connectivity index (χ2n) is 10.4. The number of halogens is 2. The Morgan fingerprint density at radius 2 is 0.810 bits per heavy atom. The standard InChI is InChI=1S/C30H34N3O6.2ClH.Zr/c1-11-14(4)25(34)22(26(35)15(11)5)20-10-21(23-27(36)16(6)12(2)17(7)28(23)37)32-33(31-20)24-29(38)18(8)13(3)19(9)30(24)39;;;/h31,34-39H,1-9H3;2*1H;/q;;;+2/p-2. The number of rotatable bonds is 3. The number of phenolic OH excluding ortho intramolecular Hbond substituents is 6. The molecule has 0 fully saturated rings. The number of benzene rings is 3. The summed E-state index contributed by atoms with van der Waals surface area (Å²) in [6.45, 7) is 15.8. The fourth-order valence-corrected chi connectivity index (χ4v) is 5.80. The van der Waals surface area contributed by atoms with Crippen LogP contribution in [0.3, 0.4) is 0 Å². The Bertz CT molecular complexity index is 1610. The van der Waals surface area contributed by atoms with Gasteiger partial charge in [-0.2, -0.15) is 0 Å². The Labute approximate surface area is 272 Å². The first-order valence-electron chi connectivity index (χ1n) is 12.7. The quantitative estimate of drug-likeness (QED) is 0.192. The molecule has 1 aliphatic rings. The number of hydrogen-bond donors (Lipinski definition) is 7. The van der Waals surface area contributed by atoms with Crippen molar-refractivity contribution in [3.63, 3.8) is 0 Å². The molecule has 0 amide bonds. The first-order chi connectivity index (χ1) is 18.5. The van der Waals surface area contributed by atoms with Gasteiger partial charge in [-0.1, -0.05) is 0 Å². The summed E-state index contributed by atoms with van der Waals surface area (Å²) in [7, 11) is 0. The predicted molar refractivity (Wildman–Crippen MR) is 151 cm³/mol. The van der Waals surface area contributed by atoms with E-state index in [4.69, 9.17) is 0 Å². The fourth-order valence-electron chi connectivity index (χ4n) is 4.93. The third-order valence-electron chi connectivity index (χ3n) is 8.51. The summed E-state index contributed by atoms with van der Waals surface area (Å²) in [4.78, 5) is 0. The molecule has 1 heterocycles. The van der Waals surface area contributed by atoms with Crippen LogP contribution >= 0.6 is 0 Å². The van der Waals surface area contributed by atoms with Gasteiger partial charge in [-0.25, -0.2) is 0 Å². The third-order valence-corrected chi connectivity index (χ3v) is 9.70. The van der Waals surface area contributed by atoms with Crippen LogP contribution in [-0.2, 0) is 24.7 Å². The van der Waals surface area contributed by atoms with Crippen molar-refractivity contribution in [2.75, 3.05) is 5.12 Å². The Morgan fingerprint density at radius 1 is 0.500 bits per heavy atom. The molecule has 0 atom stereocenters.